The molecule has 1 saturated carbocycles. The predicted octanol–water partition coefficient (Wildman–Crippen LogP) is 2.79. The Bertz CT molecular complexity index is 1150. The van der Waals surface area contributed by atoms with Crippen LogP contribution in [0.4, 0.5) is 32.5 Å². The largest absolute Gasteiger partial charge is 0.444 e. The number of nitrogens with one attached hydrogen (secondary N) is 3. The quantitative estimate of drug-likeness (QED) is 0.380. The summed E-state index contributed by atoms with van der Waals surface area (Å²) in [7, 11) is 0. The standard InChI is InChI=1S/C25H35FN8O4/c1-14(30-24(36)38-25(2,3)4)19(15-5-6-15)32-22-18(26)11-17(20(27)35)21(33-22)31-16-12-28-23(29-13-16)34-7-9-37-10-8-34/h11-15,19H,5-10H2,1-4H3,(H2,27,35)(H,30,36)(H2,31,32,33)/t14-,19-/m0/s1. The molecule has 1 aliphatic heterocycles. The van der Waals surface area contributed by atoms with Crippen LogP contribution in [0.2, 0.25) is 0 Å². The smallest absolute Gasteiger partial charge is 0.407 e. The lowest BCUT2D eigenvalue weighted by Crippen LogP contribution is -2.47. The maximum absolute atomic E-state index is 15.1. The summed E-state index contributed by atoms with van der Waals surface area (Å²) in [5.41, 5.74) is 5.20. The molecule has 38 heavy (non-hydrogen) atoms. The molecular formula is C25H35FN8O4. The van der Waals surface area contributed by atoms with Gasteiger partial charge in [-0.05, 0) is 52.5 Å². The van der Waals surface area contributed by atoms with Gasteiger partial charge in [0.25, 0.3) is 5.91 Å². The van der Waals surface area contributed by atoms with Crippen LogP contribution in [0.15, 0.2) is 18.5 Å². The predicted molar refractivity (Wildman–Crippen MR) is 140 cm³/mol. The molecule has 206 valence electrons. The SMILES string of the molecule is C[C@H](NC(=O)OC(C)(C)C)[C@H](Nc1nc(Nc2cnc(N3CCOCC3)nc2)c(C(N)=O)cc1F)C1CC1. The van der Waals surface area contributed by atoms with E-state index in [1.54, 1.807) is 33.2 Å². The number of halogens is 1. The average Bonchev–Trinajstić information content (AvgIpc) is 3.69. The first kappa shape index (κ1) is 27.3. The van der Waals surface area contributed by atoms with Gasteiger partial charge in [0.15, 0.2) is 11.6 Å². The van der Waals surface area contributed by atoms with Crippen LogP contribution in [0.1, 0.15) is 50.9 Å². The maximum atomic E-state index is 15.1. The molecule has 2 aromatic heterocycles. The van der Waals surface area contributed by atoms with Gasteiger partial charge in [-0.3, -0.25) is 4.79 Å². The molecule has 12 nitrogen and oxygen atoms in total. The van der Waals surface area contributed by atoms with Crippen LogP contribution in [0.5, 0.6) is 0 Å². The fraction of sp³-hybridized carbons (Fsp3) is 0.560. The number of aromatic nitrogens is 3. The summed E-state index contributed by atoms with van der Waals surface area (Å²) >= 11 is 0. The van der Waals surface area contributed by atoms with Crippen LogP contribution < -0.4 is 26.6 Å². The first-order valence-electron chi connectivity index (χ1n) is 12.7. The molecule has 2 fully saturated rings. The number of carbonyl (C=O) groups is 2. The van der Waals surface area contributed by atoms with Crippen LogP contribution >= 0.6 is 0 Å². The highest BCUT2D eigenvalue weighted by Crippen LogP contribution is 2.36. The zero-order valence-electron chi connectivity index (χ0n) is 22.1. The van der Waals surface area contributed by atoms with Gasteiger partial charge in [-0.15, -0.1) is 0 Å². The average molecular weight is 531 g/mol. The molecule has 13 heteroatoms. The minimum absolute atomic E-state index is 0.0615. The number of hydrogen-bond donors (Lipinski definition) is 4. The molecule has 0 bridgehead atoms. The lowest BCUT2D eigenvalue weighted by atomic mass is 10.0. The molecule has 1 aliphatic carbocycles. The number of anilines is 4. The summed E-state index contributed by atoms with van der Waals surface area (Å²) in [6.45, 7) is 9.76. The Kier molecular flexibility index (Phi) is 8.14. The van der Waals surface area contributed by atoms with Crippen LogP contribution in [0.3, 0.4) is 0 Å². The number of nitrogens with two attached hydrogens (primary N) is 1. The fourth-order valence-corrected chi connectivity index (χ4v) is 4.17. The summed E-state index contributed by atoms with van der Waals surface area (Å²) in [5.74, 6) is -0.811. The molecule has 5 N–H and O–H groups in total. The first-order chi connectivity index (χ1) is 18.0. The van der Waals surface area contributed by atoms with E-state index in [4.69, 9.17) is 15.2 Å². The summed E-state index contributed by atoms with van der Waals surface area (Å²) in [6.07, 6.45) is 4.41. The number of nitrogens with zero attached hydrogens (tertiary/aromatic N) is 4. The fourth-order valence-electron chi connectivity index (χ4n) is 4.17. The first-order valence-corrected chi connectivity index (χ1v) is 12.7. The number of carbonyl (C=O) groups excluding carboxylic acids is 2. The van der Waals surface area contributed by atoms with E-state index in [0.29, 0.717) is 37.9 Å². The number of pyridine rings is 1. The third kappa shape index (κ3) is 7.18. The Hall–Kier alpha value is -3.74. The minimum atomic E-state index is -0.838. The zero-order valence-corrected chi connectivity index (χ0v) is 22.1. The number of hydrogen-bond acceptors (Lipinski definition) is 10. The highest BCUT2D eigenvalue weighted by Gasteiger charge is 2.37. The highest BCUT2D eigenvalue weighted by atomic mass is 19.1. The Morgan fingerprint density at radius 2 is 1.84 bits per heavy atom. The van der Waals surface area contributed by atoms with Crippen molar-refractivity contribution in [3.8, 4) is 0 Å². The van der Waals surface area contributed by atoms with Gasteiger partial charge in [0.2, 0.25) is 5.95 Å². The van der Waals surface area contributed by atoms with Gasteiger partial charge in [0.05, 0.1) is 42.9 Å². The summed E-state index contributed by atoms with van der Waals surface area (Å²) in [5, 5.41) is 8.93. The van der Waals surface area contributed by atoms with E-state index in [1.165, 1.54) is 0 Å². The number of rotatable bonds is 9. The third-order valence-electron chi connectivity index (χ3n) is 6.15. The Morgan fingerprint density at radius 1 is 1.18 bits per heavy atom. The van der Waals surface area contributed by atoms with Crippen molar-refractivity contribution < 1.29 is 23.5 Å². The van der Waals surface area contributed by atoms with Crippen molar-refractivity contribution in [2.45, 2.75) is 58.2 Å². The molecule has 2 amide bonds. The molecule has 0 unspecified atom stereocenters. The second kappa shape index (κ2) is 11.3. The number of morpholine rings is 1. The van der Waals surface area contributed by atoms with Crippen molar-refractivity contribution >= 4 is 35.3 Å². The number of amides is 2. The molecule has 0 aromatic carbocycles. The topological polar surface area (TPSA) is 157 Å². The van der Waals surface area contributed by atoms with Crippen LogP contribution in [0, 0.1) is 11.7 Å². The summed E-state index contributed by atoms with van der Waals surface area (Å²) < 4.78 is 25.8. The van der Waals surface area contributed by atoms with E-state index in [2.05, 4.69) is 30.9 Å². The Morgan fingerprint density at radius 3 is 2.42 bits per heavy atom. The maximum Gasteiger partial charge on any atom is 0.407 e. The van der Waals surface area contributed by atoms with E-state index in [-0.39, 0.29) is 35.2 Å². The molecule has 2 aromatic rings. The Labute approximate surface area is 220 Å². The van der Waals surface area contributed by atoms with Crippen LogP contribution in [-0.4, -0.2) is 70.9 Å². The van der Waals surface area contributed by atoms with E-state index in [9.17, 15) is 9.59 Å². The normalized spacial score (nSPS) is 17.3. The van der Waals surface area contributed by atoms with Crippen molar-refractivity contribution in [2.24, 2.45) is 11.7 Å². The number of primary amides is 1. The van der Waals surface area contributed by atoms with Gasteiger partial charge in [-0.2, -0.15) is 0 Å². The molecule has 0 spiro atoms. The molecule has 1 saturated heterocycles. The summed E-state index contributed by atoms with van der Waals surface area (Å²) in [4.78, 5) is 39.5. The van der Waals surface area contributed by atoms with E-state index in [1.807, 2.05) is 11.8 Å². The van der Waals surface area contributed by atoms with Gasteiger partial charge in [0, 0.05) is 19.1 Å². The van der Waals surface area contributed by atoms with Crippen molar-refractivity contribution in [3.63, 3.8) is 0 Å². The van der Waals surface area contributed by atoms with Crippen molar-refractivity contribution in [2.75, 3.05) is 41.8 Å². The van der Waals surface area contributed by atoms with Crippen LogP contribution in [0.25, 0.3) is 0 Å². The van der Waals surface area contributed by atoms with Gasteiger partial charge < -0.3 is 36.1 Å². The summed E-state index contributed by atoms with van der Waals surface area (Å²) in [6, 6.07) is 0.346. The van der Waals surface area contributed by atoms with Crippen molar-refractivity contribution in [1.29, 1.82) is 0 Å². The van der Waals surface area contributed by atoms with Gasteiger partial charge in [-0.1, -0.05) is 0 Å². The van der Waals surface area contributed by atoms with Gasteiger partial charge in [0.1, 0.15) is 11.4 Å². The Balaban J connectivity index is 1.52. The second-order valence-electron chi connectivity index (χ2n) is 10.5. The third-order valence-corrected chi connectivity index (χ3v) is 6.15. The minimum Gasteiger partial charge on any atom is -0.444 e. The van der Waals surface area contributed by atoms with E-state index in [0.717, 1.165) is 18.9 Å². The molecule has 0 radical (unpaired) electrons. The van der Waals surface area contributed by atoms with Crippen molar-refractivity contribution in [3.05, 3.63) is 29.8 Å². The highest BCUT2D eigenvalue weighted by molar-refractivity contribution is 5.98. The molecule has 4 rings (SSSR count). The zero-order chi connectivity index (χ0) is 27.4. The molecule has 2 aliphatic rings. The molecule has 3 heterocycles. The molecule has 2 atom stereocenters. The number of ether oxygens (including phenoxy) is 2. The van der Waals surface area contributed by atoms with Gasteiger partial charge in [-0.25, -0.2) is 24.1 Å². The lowest BCUT2D eigenvalue weighted by Gasteiger charge is -2.28. The monoisotopic (exact) mass is 530 g/mol. The molecular weight excluding hydrogens is 495 g/mol. The van der Waals surface area contributed by atoms with Crippen molar-refractivity contribution in [1.82, 2.24) is 20.3 Å². The van der Waals surface area contributed by atoms with E-state index < -0.39 is 23.4 Å². The van der Waals surface area contributed by atoms with Crippen LogP contribution in [-0.2, 0) is 9.47 Å². The number of alkyl carbamates (subject to hydrolysis) is 1. The van der Waals surface area contributed by atoms with E-state index >= 15 is 4.39 Å². The second-order valence-corrected chi connectivity index (χ2v) is 10.5. The van der Waals surface area contributed by atoms with Gasteiger partial charge >= 0.3 is 6.09 Å². The lowest BCUT2D eigenvalue weighted by molar-refractivity contribution is 0.0501.